The van der Waals surface area contributed by atoms with Crippen molar-refractivity contribution in [3.8, 4) is 0 Å². The lowest BCUT2D eigenvalue weighted by Crippen LogP contribution is -2.41. The van der Waals surface area contributed by atoms with Gasteiger partial charge >= 0.3 is 0 Å². The van der Waals surface area contributed by atoms with E-state index < -0.39 is 0 Å². The highest BCUT2D eigenvalue weighted by Gasteiger charge is 2.23. The third kappa shape index (κ3) is 5.82. The first-order chi connectivity index (χ1) is 13.7. The van der Waals surface area contributed by atoms with Gasteiger partial charge < -0.3 is 14.6 Å². The molecule has 1 aliphatic rings. The quantitative estimate of drug-likeness (QED) is 0.652. The number of hydrogen-bond acceptors (Lipinski definition) is 5. The number of amides is 1. The lowest BCUT2D eigenvalue weighted by molar-refractivity contribution is -0.119. The summed E-state index contributed by atoms with van der Waals surface area (Å²) < 4.78 is 7.32. The molecule has 0 radical (unpaired) electrons. The van der Waals surface area contributed by atoms with Gasteiger partial charge in [-0.25, -0.2) is 0 Å². The van der Waals surface area contributed by atoms with Crippen molar-refractivity contribution in [1.29, 1.82) is 0 Å². The van der Waals surface area contributed by atoms with Crippen molar-refractivity contribution in [3.63, 3.8) is 0 Å². The van der Waals surface area contributed by atoms with Gasteiger partial charge in [0.15, 0.2) is 5.16 Å². The fourth-order valence-electron chi connectivity index (χ4n) is 3.65. The summed E-state index contributed by atoms with van der Waals surface area (Å²) in [5.74, 6) is 1.90. The molecule has 2 aromatic rings. The van der Waals surface area contributed by atoms with Crippen LogP contribution in [0.3, 0.4) is 0 Å². The van der Waals surface area contributed by atoms with Gasteiger partial charge in [-0.15, -0.1) is 10.2 Å². The summed E-state index contributed by atoms with van der Waals surface area (Å²) in [4.78, 5) is 12.4. The first kappa shape index (κ1) is 20.9. The van der Waals surface area contributed by atoms with Crippen molar-refractivity contribution >= 4 is 17.7 Å². The van der Waals surface area contributed by atoms with Crippen LogP contribution in [0.15, 0.2) is 35.5 Å². The van der Waals surface area contributed by atoms with E-state index in [1.807, 2.05) is 18.2 Å². The Bertz CT molecular complexity index is 750. The zero-order chi connectivity index (χ0) is 19.8. The highest BCUT2D eigenvalue weighted by molar-refractivity contribution is 7.99. The molecular formula is C21H30N4O2S. The van der Waals surface area contributed by atoms with E-state index in [4.69, 9.17) is 4.74 Å². The average Bonchev–Trinajstić information content (AvgIpc) is 3.08. The number of benzene rings is 1. The second-order valence-electron chi connectivity index (χ2n) is 7.43. The number of aromatic nitrogens is 3. The Morgan fingerprint density at radius 3 is 2.79 bits per heavy atom. The number of methoxy groups -OCH3 is 1. The SMILES string of the molecule is COCCn1c(Cc2ccccc2)nnc1SCC(=O)N[C@@H]1CCCC[C@H]1C. The van der Waals surface area contributed by atoms with E-state index >= 15 is 0 Å². The summed E-state index contributed by atoms with van der Waals surface area (Å²) >= 11 is 1.45. The van der Waals surface area contributed by atoms with Gasteiger partial charge in [0.25, 0.3) is 0 Å². The molecule has 152 valence electrons. The Kier molecular flexibility index (Phi) is 7.91. The van der Waals surface area contributed by atoms with Crippen LogP contribution < -0.4 is 5.32 Å². The normalized spacial score (nSPS) is 19.5. The van der Waals surface area contributed by atoms with E-state index in [1.54, 1.807) is 7.11 Å². The van der Waals surface area contributed by atoms with Crippen LogP contribution in [0.25, 0.3) is 0 Å². The number of thioether (sulfide) groups is 1. The lowest BCUT2D eigenvalue weighted by atomic mass is 9.86. The van der Waals surface area contributed by atoms with Gasteiger partial charge in [-0.1, -0.05) is 61.9 Å². The molecule has 1 aromatic carbocycles. The minimum absolute atomic E-state index is 0.0784. The molecule has 0 aliphatic heterocycles. The van der Waals surface area contributed by atoms with Crippen molar-refractivity contribution in [2.45, 2.75) is 56.8 Å². The fraction of sp³-hybridized carbons (Fsp3) is 0.571. The average molecular weight is 403 g/mol. The molecule has 0 unspecified atom stereocenters. The Morgan fingerprint density at radius 1 is 1.25 bits per heavy atom. The molecule has 1 N–H and O–H groups in total. The molecule has 0 saturated heterocycles. The van der Waals surface area contributed by atoms with E-state index in [2.05, 4.69) is 39.1 Å². The van der Waals surface area contributed by atoms with Gasteiger partial charge in [-0.3, -0.25) is 4.79 Å². The summed E-state index contributed by atoms with van der Waals surface area (Å²) in [6.07, 6.45) is 5.48. The van der Waals surface area contributed by atoms with Crippen LogP contribution in [0.5, 0.6) is 0 Å². The molecule has 1 aromatic heterocycles. The van der Waals surface area contributed by atoms with Crippen LogP contribution >= 0.6 is 11.8 Å². The number of carbonyl (C=O) groups excluding carboxylic acids is 1. The largest absolute Gasteiger partial charge is 0.383 e. The summed E-state index contributed by atoms with van der Waals surface area (Å²) in [5.41, 5.74) is 1.19. The second-order valence-corrected chi connectivity index (χ2v) is 8.37. The summed E-state index contributed by atoms with van der Waals surface area (Å²) in [6, 6.07) is 10.5. The van der Waals surface area contributed by atoms with Gasteiger partial charge in [-0.2, -0.15) is 0 Å². The van der Waals surface area contributed by atoms with Gasteiger partial charge in [0.2, 0.25) is 5.91 Å². The predicted octanol–water partition coefficient (Wildman–Crippen LogP) is 3.30. The fourth-order valence-corrected chi connectivity index (χ4v) is 4.45. The van der Waals surface area contributed by atoms with Crippen LogP contribution in [-0.2, 0) is 22.5 Å². The van der Waals surface area contributed by atoms with Crippen LogP contribution in [0.4, 0.5) is 0 Å². The number of ether oxygens (including phenoxy) is 1. The van der Waals surface area contributed by atoms with Gasteiger partial charge in [0, 0.05) is 26.1 Å². The van der Waals surface area contributed by atoms with Gasteiger partial charge in [0.05, 0.1) is 12.4 Å². The predicted molar refractivity (Wildman–Crippen MR) is 111 cm³/mol. The van der Waals surface area contributed by atoms with Gasteiger partial charge in [-0.05, 0) is 24.3 Å². The molecule has 1 fully saturated rings. The summed E-state index contributed by atoms with van der Waals surface area (Å²) in [7, 11) is 1.69. The maximum Gasteiger partial charge on any atom is 0.230 e. The standard InChI is InChI=1S/C21H30N4O2S/c1-16-8-6-7-11-18(16)22-20(26)15-28-21-24-23-19(25(21)12-13-27-2)14-17-9-4-3-5-10-17/h3-5,9-10,16,18H,6-8,11-15H2,1-2H3,(H,22,26)/t16-,18-/m1/s1. The van der Waals surface area contributed by atoms with E-state index in [0.29, 0.717) is 37.3 Å². The van der Waals surface area contributed by atoms with E-state index in [0.717, 1.165) is 17.4 Å². The monoisotopic (exact) mass is 402 g/mol. The molecule has 1 heterocycles. The third-order valence-electron chi connectivity index (χ3n) is 5.31. The second kappa shape index (κ2) is 10.6. The van der Waals surface area contributed by atoms with Crippen molar-refractivity contribution < 1.29 is 9.53 Å². The van der Waals surface area contributed by atoms with Crippen LogP contribution in [-0.4, -0.2) is 46.2 Å². The third-order valence-corrected chi connectivity index (χ3v) is 6.27. The topological polar surface area (TPSA) is 69.0 Å². The molecule has 1 saturated carbocycles. The van der Waals surface area contributed by atoms with E-state index in [9.17, 15) is 4.79 Å². The Morgan fingerprint density at radius 2 is 2.04 bits per heavy atom. The maximum absolute atomic E-state index is 12.4. The van der Waals surface area contributed by atoms with Crippen LogP contribution in [0, 0.1) is 5.92 Å². The Balaban J connectivity index is 1.61. The highest BCUT2D eigenvalue weighted by atomic mass is 32.2. The molecular weight excluding hydrogens is 372 g/mol. The number of nitrogens with one attached hydrogen (secondary N) is 1. The van der Waals surface area contributed by atoms with Crippen molar-refractivity contribution in [2.24, 2.45) is 5.92 Å². The summed E-state index contributed by atoms with van der Waals surface area (Å²) in [5, 5.41) is 12.7. The number of nitrogens with zero attached hydrogens (tertiary/aromatic N) is 3. The van der Waals surface area contributed by atoms with E-state index in [1.165, 1.54) is 36.6 Å². The van der Waals surface area contributed by atoms with Gasteiger partial charge in [0.1, 0.15) is 5.82 Å². The molecule has 3 rings (SSSR count). The van der Waals surface area contributed by atoms with Crippen LogP contribution in [0.2, 0.25) is 0 Å². The molecule has 2 atom stereocenters. The molecule has 0 spiro atoms. The first-order valence-electron chi connectivity index (χ1n) is 10.0. The number of carbonyl (C=O) groups is 1. The number of rotatable bonds is 9. The van der Waals surface area contributed by atoms with Crippen LogP contribution in [0.1, 0.15) is 44.0 Å². The zero-order valence-corrected chi connectivity index (χ0v) is 17.6. The minimum atomic E-state index is 0.0784. The molecule has 1 aliphatic carbocycles. The highest BCUT2D eigenvalue weighted by Crippen LogP contribution is 2.24. The smallest absolute Gasteiger partial charge is 0.230 e. The molecule has 0 bridgehead atoms. The van der Waals surface area contributed by atoms with Crippen molar-refractivity contribution in [3.05, 3.63) is 41.7 Å². The molecule has 6 nitrogen and oxygen atoms in total. The van der Waals surface area contributed by atoms with Crippen molar-refractivity contribution in [2.75, 3.05) is 19.5 Å². The Labute approximate surface area is 171 Å². The summed E-state index contributed by atoms with van der Waals surface area (Å²) in [6.45, 7) is 3.49. The van der Waals surface area contributed by atoms with E-state index in [-0.39, 0.29) is 5.91 Å². The zero-order valence-electron chi connectivity index (χ0n) is 16.8. The molecule has 1 amide bonds. The van der Waals surface area contributed by atoms with Crippen molar-refractivity contribution in [1.82, 2.24) is 20.1 Å². The molecule has 7 heteroatoms. The first-order valence-corrected chi connectivity index (χ1v) is 11.0. The Hall–Kier alpha value is -1.86. The minimum Gasteiger partial charge on any atom is -0.383 e. The number of hydrogen-bond donors (Lipinski definition) is 1. The maximum atomic E-state index is 12.4. The molecule has 28 heavy (non-hydrogen) atoms. The lowest BCUT2D eigenvalue weighted by Gasteiger charge is -2.29.